The summed E-state index contributed by atoms with van der Waals surface area (Å²) in [4.78, 5) is 12.1. The van der Waals surface area contributed by atoms with Gasteiger partial charge in [-0.05, 0) is 55.7 Å². The van der Waals surface area contributed by atoms with E-state index in [4.69, 9.17) is 0 Å². The van der Waals surface area contributed by atoms with Crippen molar-refractivity contribution in [3.05, 3.63) is 29.8 Å². The van der Waals surface area contributed by atoms with E-state index in [2.05, 4.69) is 24.5 Å². The van der Waals surface area contributed by atoms with Crippen molar-refractivity contribution >= 4 is 11.7 Å². The van der Waals surface area contributed by atoms with Gasteiger partial charge in [0, 0.05) is 11.7 Å². The van der Waals surface area contributed by atoms with Crippen molar-refractivity contribution in [1.82, 2.24) is 5.32 Å². The first-order valence-corrected chi connectivity index (χ1v) is 7.81. The lowest BCUT2D eigenvalue weighted by Crippen LogP contribution is -2.44. The molecule has 1 fully saturated rings. The van der Waals surface area contributed by atoms with E-state index in [0.717, 1.165) is 23.6 Å². The first-order chi connectivity index (χ1) is 9.95. The van der Waals surface area contributed by atoms with E-state index in [-0.39, 0.29) is 12.1 Å². The number of nitrogens with one attached hydrogen (secondary N) is 2. The van der Waals surface area contributed by atoms with Gasteiger partial charge in [0.2, 0.25) is 0 Å². The summed E-state index contributed by atoms with van der Waals surface area (Å²) in [6.45, 7) is 6.20. The Morgan fingerprint density at radius 3 is 2.48 bits per heavy atom. The summed E-state index contributed by atoms with van der Waals surface area (Å²) in [5.74, 6) is 1.28. The van der Waals surface area contributed by atoms with Crippen LogP contribution in [0.15, 0.2) is 24.3 Å². The summed E-state index contributed by atoms with van der Waals surface area (Å²) in [7, 11) is 0. The number of amides is 2. The molecule has 1 aromatic carbocycles. The highest BCUT2D eigenvalue weighted by Crippen LogP contribution is 2.28. The van der Waals surface area contributed by atoms with Crippen LogP contribution in [0.2, 0.25) is 0 Å². The second-order valence-corrected chi connectivity index (χ2v) is 6.40. The summed E-state index contributed by atoms with van der Waals surface area (Å²) in [5.41, 5.74) is 1.59. The third kappa shape index (κ3) is 4.46. The molecule has 1 aliphatic rings. The lowest BCUT2D eigenvalue weighted by atomic mass is 9.80. The number of aliphatic hydroxyl groups excluding tert-OH is 1. The first-order valence-electron chi connectivity index (χ1n) is 7.81. The zero-order chi connectivity index (χ0) is 15.4. The summed E-state index contributed by atoms with van der Waals surface area (Å²) < 4.78 is 0. The van der Waals surface area contributed by atoms with Crippen LogP contribution < -0.4 is 10.6 Å². The number of benzene rings is 1. The average molecular weight is 290 g/mol. The maximum Gasteiger partial charge on any atom is 0.319 e. The van der Waals surface area contributed by atoms with E-state index in [1.165, 1.54) is 12.8 Å². The van der Waals surface area contributed by atoms with Crippen LogP contribution in [0.5, 0.6) is 0 Å². The molecule has 4 unspecified atom stereocenters. The fourth-order valence-corrected chi connectivity index (χ4v) is 3.06. The number of hydrogen-bond acceptors (Lipinski definition) is 2. The van der Waals surface area contributed by atoms with E-state index in [1.54, 1.807) is 6.92 Å². The van der Waals surface area contributed by atoms with Crippen molar-refractivity contribution in [3.63, 3.8) is 0 Å². The van der Waals surface area contributed by atoms with Gasteiger partial charge in [0.1, 0.15) is 0 Å². The molecule has 1 aliphatic carbocycles. The number of hydrogen-bond donors (Lipinski definition) is 3. The van der Waals surface area contributed by atoms with Crippen LogP contribution in [-0.2, 0) is 0 Å². The summed E-state index contributed by atoms with van der Waals surface area (Å²) >= 11 is 0. The molecule has 1 saturated carbocycles. The normalized spacial score (nSPS) is 27.0. The Hall–Kier alpha value is -1.55. The van der Waals surface area contributed by atoms with Gasteiger partial charge in [-0.2, -0.15) is 0 Å². The smallest absolute Gasteiger partial charge is 0.319 e. The number of carbonyl (C=O) groups is 1. The summed E-state index contributed by atoms with van der Waals surface area (Å²) in [6, 6.07) is 7.39. The average Bonchev–Trinajstić information content (AvgIpc) is 2.42. The minimum absolute atomic E-state index is 0.147. The van der Waals surface area contributed by atoms with Crippen LogP contribution >= 0.6 is 0 Å². The van der Waals surface area contributed by atoms with Gasteiger partial charge in [-0.1, -0.05) is 26.0 Å². The second-order valence-electron chi connectivity index (χ2n) is 6.40. The SMILES string of the molecule is CC1CCC(NC(=O)Nc2ccc(C(C)O)cc2)C(C)C1. The molecule has 2 rings (SSSR count). The van der Waals surface area contributed by atoms with Gasteiger partial charge in [-0.25, -0.2) is 4.79 Å². The van der Waals surface area contributed by atoms with Gasteiger partial charge < -0.3 is 15.7 Å². The van der Waals surface area contributed by atoms with Crippen molar-refractivity contribution in [1.29, 1.82) is 0 Å². The number of carbonyl (C=O) groups excluding carboxylic acids is 1. The lowest BCUT2D eigenvalue weighted by Gasteiger charge is -2.33. The molecule has 0 aromatic heterocycles. The molecule has 4 heteroatoms. The van der Waals surface area contributed by atoms with Crippen LogP contribution in [0.1, 0.15) is 51.7 Å². The zero-order valence-electron chi connectivity index (χ0n) is 13.1. The van der Waals surface area contributed by atoms with Crippen molar-refractivity contribution in [3.8, 4) is 0 Å². The topological polar surface area (TPSA) is 61.4 Å². The van der Waals surface area contributed by atoms with E-state index in [0.29, 0.717) is 5.92 Å². The number of urea groups is 1. The first kappa shape index (κ1) is 15.8. The molecule has 3 N–H and O–H groups in total. The lowest BCUT2D eigenvalue weighted by molar-refractivity contribution is 0.199. The van der Waals surface area contributed by atoms with Crippen molar-refractivity contribution in [2.75, 3.05) is 5.32 Å². The molecule has 0 saturated heterocycles. The maximum absolute atomic E-state index is 12.1. The van der Waals surface area contributed by atoms with E-state index >= 15 is 0 Å². The van der Waals surface area contributed by atoms with Crippen LogP contribution in [0, 0.1) is 11.8 Å². The highest BCUT2D eigenvalue weighted by Gasteiger charge is 2.26. The quantitative estimate of drug-likeness (QED) is 0.795. The molecule has 0 aliphatic heterocycles. The van der Waals surface area contributed by atoms with Crippen LogP contribution in [-0.4, -0.2) is 17.2 Å². The van der Waals surface area contributed by atoms with Crippen molar-refractivity contribution in [2.24, 2.45) is 11.8 Å². The standard InChI is InChI=1S/C17H26N2O2/c1-11-4-9-16(12(2)10-11)19-17(21)18-15-7-5-14(6-8-15)13(3)20/h5-8,11-13,16,20H,4,9-10H2,1-3H3,(H2,18,19,21). The minimum Gasteiger partial charge on any atom is -0.389 e. The van der Waals surface area contributed by atoms with Gasteiger partial charge in [-0.15, -0.1) is 0 Å². The number of rotatable bonds is 3. The van der Waals surface area contributed by atoms with Gasteiger partial charge in [0.25, 0.3) is 0 Å². The molecule has 116 valence electrons. The third-order valence-electron chi connectivity index (χ3n) is 4.40. The van der Waals surface area contributed by atoms with Crippen LogP contribution in [0.3, 0.4) is 0 Å². The predicted octanol–water partition coefficient (Wildman–Crippen LogP) is 3.69. The minimum atomic E-state index is -0.488. The maximum atomic E-state index is 12.1. The molecule has 2 amide bonds. The van der Waals surface area contributed by atoms with E-state index in [9.17, 15) is 9.90 Å². The summed E-state index contributed by atoms with van der Waals surface area (Å²) in [5, 5.41) is 15.4. The Morgan fingerprint density at radius 1 is 1.24 bits per heavy atom. The Morgan fingerprint density at radius 2 is 1.90 bits per heavy atom. The Bertz CT molecular complexity index is 470. The highest BCUT2D eigenvalue weighted by atomic mass is 16.3. The van der Waals surface area contributed by atoms with Gasteiger partial charge in [0.05, 0.1) is 6.10 Å². The monoisotopic (exact) mass is 290 g/mol. The third-order valence-corrected chi connectivity index (χ3v) is 4.40. The van der Waals surface area contributed by atoms with Crippen molar-refractivity contribution in [2.45, 2.75) is 52.2 Å². The molecule has 21 heavy (non-hydrogen) atoms. The van der Waals surface area contributed by atoms with Crippen LogP contribution in [0.4, 0.5) is 10.5 Å². The summed E-state index contributed by atoms with van der Waals surface area (Å²) in [6.07, 6.45) is 2.92. The molecule has 4 atom stereocenters. The molecule has 0 heterocycles. The van der Waals surface area contributed by atoms with E-state index in [1.807, 2.05) is 24.3 Å². The Balaban J connectivity index is 1.86. The molecular weight excluding hydrogens is 264 g/mol. The van der Waals surface area contributed by atoms with Crippen molar-refractivity contribution < 1.29 is 9.90 Å². The second kappa shape index (κ2) is 6.94. The zero-order valence-corrected chi connectivity index (χ0v) is 13.1. The fraction of sp³-hybridized carbons (Fsp3) is 0.588. The molecule has 4 nitrogen and oxygen atoms in total. The Kier molecular flexibility index (Phi) is 5.23. The molecule has 0 bridgehead atoms. The highest BCUT2D eigenvalue weighted by molar-refractivity contribution is 5.89. The molecule has 0 spiro atoms. The van der Waals surface area contributed by atoms with Gasteiger partial charge in [-0.3, -0.25) is 0 Å². The Labute approximate surface area is 126 Å². The van der Waals surface area contributed by atoms with Gasteiger partial charge in [0.15, 0.2) is 0 Å². The predicted molar refractivity (Wildman–Crippen MR) is 85.2 cm³/mol. The fourth-order valence-electron chi connectivity index (χ4n) is 3.06. The largest absolute Gasteiger partial charge is 0.389 e. The number of aliphatic hydroxyl groups is 1. The van der Waals surface area contributed by atoms with E-state index < -0.39 is 6.10 Å². The number of anilines is 1. The molecule has 0 radical (unpaired) electrons. The molecule has 1 aromatic rings. The molecular formula is C17H26N2O2. The van der Waals surface area contributed by atoms with Crippen LogP contribution in [0.25, 0.3) is 0 Å². The van der Waals surface area contributed by atoms with Gasteiger partial charge >= 0.3 is 6.03 Å².